The Morgan fingerprint density at radius 1 is 1.12 bits per heavy atom. The summed E-state index contributed by atoms with van der Waals surface area (Å²) < 4.78 is 8.87. The molecule has 1 aromatic carbocycles. The van der Waals surface area contributed by atoms with Gasteiger partial charge in [0, 0.05) is 23.3 Å². The van der Waals surface area contributed by atoms with Gasteiger partial charge in [-0.1, -0.05) is 28.1 Å². The molecule has 1 atom stereocenters. The van der Waals surface area contributed by atoms with Crippen LogP contribution in [0.25, 0.3) is 5.82 Å². The van der Waals surface area contributed by atoms with Crippen molar-refractivity contribution < 1.29 is 4.74 Å². The SMILES string of the molecule is Cc1cc(C)n(-c2cncc(N3CCOC(c4ccc(Br)cc4)C3)n2)n1. The molecule has 0 spiro atoms. The van der Waals surface area contributed by atoms with Gasteiger partial charge in [-0.15, -0.1) is 0 Å². The van der Waals surface area contributed by atoms with Crippen LogP contribution in [0.4, 0.5) is 5.82 Å². The number of rotatable bonds is 3. The molecule has 0 saturated carbocycles. The van der Waals surface area contributed by atoms with Gasteiger partial charge < -0.3 is 9.64 Å². The highest BCUT2D eigenvalue weighted by molar-refractivity contribution is 9.10. The topological polar surface area (TPSA) is 56.1 Å². The molecule has 1 unspecified atom stereocenters. The van der Waals surface area contributed by atoms with Crippen molar-refractivity contribution in [3.05, 3.63) is 64.1 Å². The van der Waals surface area contributed by atoms with Gasteiger partial charge >= 0.3 is 0 Å². The van der Waals surface area contributed by atoms with E-state index in [0.717, 1.165) is 40.6 Å². The maximum atomic E-state index is 5.97. The van der Waals surface area contributed by atoms with E-state index < -0.39 is 0 Å². The maximum Gasteiger partial charge on any atom is 0.174 e. The Kier molecular flexibility index (Phi) is 4.74. The highest BCUT2D eigenvalue weighted by Crippen LogP contribution is 2.26. The van der Waals surface area contributed by atoms with Gasteiger partial charge in [0.25, 0.3) is 0 Å². The van der Waals surface area contributed by atoms with E-state index in [1.807, 2.05) is 36.7 Å². The van der Waals surface area contributed by atoms with Gasteiger partial charge in [-0.05, 0) is 37.6 Å². The van der Waals surface area contributed by atoms with Gasteiger partial charge in [-0.2, -0.15) is 5.10 Å². The normalized spacial score (nSPS) is 17.5. The third-order valence-corrected chi connectivity index (χ3v) is 5.00. The highest BCUT2D eigenvalue weighted by atomic mass is 79.9. The fourth-order valence-electron chi connectivity index (χ4n) is 3.20. The van der Waals surface area contributed by atoms with Crippen molar-refractivity contribution in [3.8, 4) is 5.82 Å². The van der Waals surface area contributed by atoms with E-state index in [4.69, 9.17) is 9.72 Å². The molecule has 26 heavy (non-hydrogen) atoms. The number of aryl methyl sites for hydroxylation is 2. The minimum absolute atomic E-state index is 0.0241. The summed E-state index contributed by atoms with van der Waals surface area (Å²) in [5.74, 6) is 1.58. The van der Waals surface area contributed by atoms with Crippen LogP contribution in [0, 0.1) is 13.8 Å². The summed E-state index contributed by atoms with van der Waals surface area (Å²) in [6, 6.07) is 10.3. The highest BCUT2D eigenvalue weighted by Gasteiger charge is 2.23. The standard InChI is InChI=1S/C19H20BrN5O/c1-13-9-14(2)25(23-13)19-11-21-10-18(22-19)24-7-8-26-17(12-24)15-3-5-16(20)6-4-15/h3-6,9-11,17H,7-8,12H2,1-2H3. The number of benzene rings is 1. The van der Waals surface area contributed by atoms with Crippen LogP contribution in [0.2, 0.25) is 0 Å². The molecule has 3 aromatic rings. The summed E-state index contributed by atoms with van der Waals surface area (Å²) >= 11 is 3.48. The average Bonchev–Trinajstić information content (AvgIpc) is 3.01. The number of aromatic nitrogens is 4. The van der Waals surface area contributed by atoms with Gasteiger partial charge in [0.1, 0.15) is 11.9 Å². The van der Waals surface area contributed by atoms with Crippen molar-refractivity contribution in [3.63, 3.8) is 0 Å². The Bertz CT molecular complexity index is 909. The molecule has 4 rings (SSSR count). The summed E-state index contributed by atoms with van der Waals surface area (Å²) in [7, 11) is 0. The molecule has 134 valence electrons. The van der Waals surface area contributed by atoms with Crippen LogP contribution in [-0.4, -0.2) is 39.4 Å². The van der Waals surface area contributed by atoms with Gasteiger partial charge in [0.15, 0.2) is 5.82 Å². The van der Waals surface area contributed by atoms with Gasteiger partial charge in [0.2, 0.25) is 0 Å². The Labute approximate surface area is 161 Å². The predicted octanol–water partition coefficient (Wildman–Crippen LogP) is 3.62. The molecule has 0 N–H and O–H groups in total. The molecule has 1 fully saturated rings. The lowest BCUT2D eigenvalue weighted by atomic mass is 10.1. The fourth-order valence-corrected chi connectivity index (χ4v) is 3.46. The summed E-state index contributed by atoms with van der Waals surface area (Å²) in [6.45, 7) is 6.20. The molecule has 7 heteroatoms. The third kappa shape index (κ3) is 3.50. The smallest absolute Gasteiger partial charge is 0.174 e. The van der Waals surface area contributed by atoms with E-state index in [2.05, 4.69) is 43.0 Å². The molecule has 6 nitrogen and oxygen atoms in total. The second-order valence-electron chi connectivity index (χ2n) is 6.43. The van der Waals surface area contributed by atoms with Crippen LogP contribution in [0.3, 0.4) is 0 Å². The van der Waals surface area contributed by atoms with Gasteiger partial charge in [-0.25, -0.2) is 9.67 Å². The number of hydrogen-bond acceptors (Lipinski definition) is 5. The molecule has 0 bridgehead atoms. The van der Waals surface area contributed by atoms with Crippen LogP contribution >= 0.6 is 15.9 Å². The Hall–Kier alpha value is -2.25. The van der Waals surface area contributed by atoms with Crippen LogP contribution in [0.5, 0.6) is 0 Å². The Morgan fingerprint density at radius 2 is 1.88 bits per heavy atom. The Balaban J connectivity index is 1.58. The number of ether oxygens (including phenoxy) is 1. The minimum Gasteiger partial charge on any atom is -0.370 e. The van der Waals surface area contributed by atoms with Crippen LogP contribution < -0.4 is 4.90 Å². The molecule has 0 radical (unpaired) electrons. The first kappa shape index (κ1) is 17.2. The maximum absolute atomic E-state index is 5.97. The molecule has 0 amide bonds. The molecule has 1 aliphatic heterocycles. The van der Waals surface area contributed by atoms with Gasteiger partial charge in [0.05, 0.1) is 24.7 Å². The van der Waals surface area contributed by atoms with E-state index >= 15 is 0 Å². The molecule has 1 aliphatic rings. The summed E-state index contributed by atoms with van der Waals surface area (Å²) in [6.07, 6.45) is 3.57. The number of nitrogens with zero attached hydrogens (tertiary/aromatic N) is 5. The Morgan fingerprint density at radius 3 is 2.62 bits per heavy atom. The largest absolute Gasteiger partial charge is 0.370 e. The second kappa shape index (κ2) is 7.17. The summed E-state index contributed by atoms with van der Waals surface area (Å²) in [5.41, 5.74) is 3.18. The average molecular weight is 414 g/mol. The lowest BCUT2D eigenvalue weighted by Crippen LogP contribution is -2.39. The summed E-state index contributed by atoms with van der Waals surface area (Å²) in [4.78, 5) is 11.4. The van der Waals surface area contributed by atoms with E-state index in [1.165, 1.54) is 5.56 Å². The van der Waals surface area contributed by atoms with E-state index in [0.29, 0.717) is 6.61 Å². The van der Waals surface area contributed by atoms with Crippen molar-refractivity contribution in [2.75, 3.05) is 24.6 Å². The number of anilines is 1. The third-order valence-electron chi connectivity index (χ3n) is 4.47. The van der Waals surface area contributed by atoms with Crippen LogP contribution in [0.15, 0.2) is 47.2 Å². The number of morpholine rings is 1. The van der Waals surface area contributed by atoms with Crippen molar-refractivity contribution in [2.24, 2.45) is 0 Å². The van der Waals surface area contributed by atoms with Crippen molar-refractivity contribution in [1.82, 2.24) is 19.7 Å². The zero-order valence-corrected chi connectivity index (χ0v) is 16.3. The number of halogens is 1. The number of hydrogen-bond donors (Lipinski definition) is 0. The first-order valence-corrected chi connectivity index (χ1v) is 9.37. The van der Waals surface area contributed by atoms with Crippen molar-refractivity contribution in [1.29, 1.82) is 0 Å². The molecule has 0 aliphatic carbocycles. The lowest BCUT2D eigenvalue weighted by molar-refractivity contribution is 0.0395. The molecular weight excluding hydrogens is 394 g/mol. The van der Waals surface area contributed by atoms with Gasteiger partial charge in [-0.3, -0.25) is 4.98 Å². The van der Waals surface area contributed by atoms with Crippen molar-refractivity contribution >= 4 is 21.7 Å². The lowest BCUT2D eigenvalue weighted by Gasteiger charge is -2.33. The van der Waals surface area contributed by atoms with E-state index in [1.54, 1.807) is 12.4 Å². The molecule has 1 saturated heterocycles. The minimum atomic E-state index is 0.0241. The summed E-state index contributed by atoms with van der Waals surface area (Å²) in [5, 5.41) is 4.50. The van der Waals surface area contributed by atoms with E-state index in [-0.39, 0.29) is 6.10 Å². The zero-order chi connectivity index (χ0) is 18.1. The fraction of sp³-hybridized carbons (Fsp3) is 0.316. The van der Waals surface area contributed by atoms with E-state index in [9.17, 15) is 0 Å². The zero-order valence-electron chi connectivity index (χ0n) is 14.8. The predicted molar refractivity (Wildman–Crippen MR) is 104 cm³/mol. The molecule has 2 aromatic heterocycles. The quantitative estimate of drug-likeness (QED) is 0.656. The molecule has 3 heterocycles. The van der Waals surface area contributed by atoms with Crippen molar-refractivity contribution in [2.45, 2.75) is 20.0 Å². The monoisotopic (exact) mass is 413 g/mol. The van der Waals surface area contributed by atoms with Crippen LogP contribution in [-0.2, 0) is 4.74 Å². The molecular formula is C19H20BrN5O. The van der Waals surface area contributed by atoms with Crippen LogP contribution in [0.1, 0.15) is 23.1 Å². The first-order valence-electron chi connectivity index (χ1n) is 8.58. The second-order valence-corrected chi connectivity index (χ2v) is 7.35. The first-order chi connectivity index (χ1) is 12.6.